The van der Waals surface area contributed by atoms with Gasteiger partial charge in [-0.05, 0) is 52.2 Å². The topological polar surface area (TPSA) is 62.6 Å². The van der Waals surface area contributed by atoms with Gasteiger partial charge in [-0.25, -0.2) is 0 Å². The van der Waals surface area contributed by atoms with E-state index >= 15 is 0 Å². The number of hydrogen-bond donors (Lipinski definition) is 0. The Hall–Kier alpha value is -2.78. The van der Waals surface area contributed by atoms with E-state index in [0.717, 1.165) is 11.1 Å². The average molecular weight is 429 g/mol. The van der Waals surface area contributed by atoms with Crippen molar-refractivity contribution in [2.45, 2.75) is 13.5 Å². The minimum absolute atomic E-state index is 0.0439. The summed E-state index contributed by atoms with van der Waals surface area (Å²) >= 11 is 3.49. The van der Waals surface area contributed by atoms with Gasteiger partial charge in [0.25, 0.3) is 5.91 Å². The number of carbonyl (C=O) groups excluding carboxylic acids is 1. The second kappa shape index (κ2) is 9.24. The molecule has 140 valence electrons. The SMILES string of the molecule is COc1cc(/C=C(/C#N)C(=O)N(C)C)cc(Br)c1OCc1cccc(C)c1. The minimum Gasteiger partial charge on any atom is -0.493 e. The van der Waals surface area contributed by atoms with Gasteiger partial charge in [0.05, 0.1) is 11.6 Å². The van der Waals surface area contributed by atoms with Crippen LogP contribution in [0, 0.1) is 18.3 Å². The quantitative estimate of drug-likeness (QED) is 0.506. The van der Waals surface area contributed by atoms with Crippen LogP contribution in [0.4, 0.5) is 0 Å². The lowest BCUT2D eigenvalue weighted by molar-refractivity contribution is -0.124. The third kappa shape index (κ3) is 5.35. The molecule has 2 aromatic rings. The molecule has 0 saturated heterocycles. The number of carbonyl (C=O) groups is 1. The Morgan fingerprint density at radius 2 is 2.04 bits per heavy atom. The van der Waals surface area contributed by atoms with Crippen molar-refractivity contribution in [2.24, 2.45) is 0 Å². The van der Waals surface area contributed by atoms with E-state index in [1.807, 2.05) is 31.2 Å². The van der Waals surface area contributed by atoms with Crippen molar-refractivity contribution >= 4 is 27.9 Å². The van der Waals surface area contributed by atoms with Crippen molar-refractivity contribution in [1.82, 2.24) is 4.90 Å². The van der Waals surface area contributed by atoms with Gasteiger partial charge in [0.1, 0.15) is 18.2 Å². The summed E-state index contributed by atoms with van der Waals surface area (Å²) in [4.78, 5) is 13.4. The number of likely N-dealkylation sites (N-methyl/N-ethyl adjacent to an activating group) is 1. The summed E-state index contributed by atoms with van der Waals surface area (Å²) in [6, 6.07) is 13.5. The van der Waals surface area contributed by atoms with Gasteiger partial charge in [0.2, 0.25) is 0 Å². The molecule has 0 aliphatic heterocycles. The van der Waals surface area contributed by atoms with Crippen LogP contribution in [0.15, 0.2) is 46.4 Å². The standard InChI is InChI=1S/C21H21BrN2O3/c1-14-6-5-7-15(8-14)13-27-20-18(22)10-16(11-19(20)26-4)9-17(12-23)21(25)24(2)3/h5-11H,13H2,1-4H3/b17-9-. The van der Waals surface area contributed by atoms with E-state index in [2.05, 4.69) is 22.0 Å². The van der Waals surface area contributed by atoms with Crippen molar-refractivity contribution in [2.75, 3.05) is 21.2 Å². The van der Waals surface area contributed by atoms with Gasteiger partial charge in [-0.15, -0.1) is 0 Å². The summed E-state index contributed by atoms with van der Waals surface area (Å²) < 4.78 is 12.1. The highest BCUT2D eigenvalue weighted by atomic mass is 79.9. The van der Waals surface area contributed by atoms with Gasteiger partial charge in [0, 0.05) is 14.1 Å². The van der Waals surface area contributed by atoms with Crippen LogP contribution in [0.5, 0.6) is 11.5 Å². The first-order valence-corrected chi connectivity index (χ1v) is 9.04. The second-order valence-electron chi connectivity index (χ2n) is 6.18. The largest absolute Gasteiger partial charge is 0.493 e. The number of nitriles is 1. The zero-order valence-electron chi connectivity index (χ0n) is 15.7. The van der Waals surface area contributed by atoms with Crippen LogP contribution >= 0.6 is 15.9 Å². The van der Waals surface area contributed by atoms with Crippen molar-refractivity contribution in [1.29, 1.82) is 5.26 Å². The first-order valence-electron chi connectivity index (χ1n) is 8.25. The van der Waals surface area contributed by atoms with E-state index in [-0.39, 0.29) is 11.5 Å². The molecule has 6 heteroatoms. The van der Waals surface area contributed by atoms with Crippen LogP contribution in [-0.2, 0) is 11.4 Å². The zero-order chi connectivity index (χ0) is 20.0. The lowest BCUT2D eigenvalue weighted by atomic mass is 10.1. The molecule has 27 heavy (non-hydrogen) atoms. The molecule has 0 heterocycles. The lowest BCUT2D eigenvalue weighted by Crippen LogP contribution is -2.22. The number of nitrogens with zero attached hydrogens (tertiary/aromatic N) is 2. The second-order valence-corrected chi connectivity index (χ2v) is 7.04. The molecule has 0 radical (unpaired) electrons. The molecular formula is C21H21BrN2O3. The van der Waals surface area contributed by atoms with E-state index in [4.69, 9.17) is 9.47 Å². The monoisotopic (exact) mass is 428 g/mol. The van der Waals surface area contributed by atoms with Gasteiger partial charge in [-0.3, -0.25) is 4.79 Å². The van der Waals surface area contributed by atoms with E-state index in [9.17, 15) is 10.1 Å². The molecule has 0 bridgehead atoms. The van der Waals surface area contributed by atoms with Crippen LogP contribution < -0.4 is 9.47 Å². The molecule has 2 rings (SSSR count). The van der Waals surface area contributed by atoms with Crippen molar-refractivity contribution in [3.05, 3.63) is 63.1 Å². The number of rotatable bonds is 6. The predicted octanol–water partition coefficient (Wildman–Crippen LogP) is 4.34. The Bertz CT molecular complexity index is 914. The molecule has 0 spiro atoms. The Balaban J connectivity index is 2.31. The molecule has 0 saturated carbocycles. The summed E-state index contributed by atoms with van der Waals surface area (Å²) in [5.74, 6) is 0.721. The summed E-state index contributed by atoms with van der Waals surface area (Å²) in [6.45, 7) is 2.43. The molecule has 2 aromatic carbocycles. The molecule has 0 aliphatic rings. The Morgan fingerprint density at radius 3 is 2.63 bits per heavy atom. The number of halogens is 1. The van der Waals surface area contributed by atoms with Crippen molar-refractivity contribution < 1.29 is 14.3 Å². The number of ether oxygens (including phenoxy) is 2. The maximum absolute atomic E-state index is 12.0. The summed E-state index contributed by atoms with van der Waals surface area (Å²) in [5.41, 5.74) is 2.92. The van der Waals surface area contributed by atoms with Crippen LogP contribution in [0.2, 0.25) is 0 Å². The average Bonchev–Trinajstić information content (AvgIpc) is 2.64. The minimum atomic E-state index is -0.354. The molecule has 0 fully saturated rings. The number of hydrogen-bond acceptors (Lipinski definition) is 4. The molecule has 5 nitrogen and oxygen atoms in total. The predicted molar refractivity (Wildman–Crippen MR) is 108 cm³/mol. The highest BCUT2D eigenvalue weighted by Crippen LogP contribution is 2.37. The number of aryl methyl sites for hydroxylation is 1. The first-order chi connectivity index (χ1) is 12.8. The van der Waals surface area contributed by atoms with E-state index in [0.29, 0.717) is 28.1 Å². The molecule has 0 N–H and O–H groups in total. The van der Waals surface area contributed by atoms with Crippen LogP contribution in [0.1, 0.15) is 16.7 Å². The fraction of sp³-hybridized carbons (Fsp3) is 0.238. The summed E-state index contributed by atoms with van der Waals surface area (Å²) in [6.07, 6.45) is 1.53. The normalized spacial score (nSPS) is 10.9. The zero-order valence-corrected chi connectivity index (χ0v) is 17.3. The summed E-state index contributed by atoms with van der Waals surface area (Å²) in [5, 5.41) is 9.26. The van der Waals surface area contributed by atoms with E-state index in [1.54, 1.807) is 33.3 Å². The maximum atomic E-state index is 12.0. The number of methoxy groups -OCH3 is 1. The van der Waals surface area contributed by atoms with E-state index < -0.39 is 0 Å². The van der Waals surface area contributed by atoms with Crippen molar-refractivity contribution in [3.63, 3.8) is 0 Å². The Labute approximate surface area is 167 Å². The van der Waals surface area contributed by atoms with Crippen LogP contribution in [-0.4, -0.2) is 32.0 Å². The van der Waals surface area contributed by atoms with Crippen LogP contribution in [0.3, 0.4) is 0 Å². The highest BCUT2D eigenvalue weighted by molar-refractivity contribution is 9.10. The molecule has 0 aliphatic carbocycles. The Kier molecular flexibility index (Phi) is 7.03. The molecule has 0 unspecified atom stereocenters. The first kappa shape index (κ1) is 20.5. The summed E-state index contributed by atoms with van der Waals surface area (Å²) in [7, 11) is 4.75. The highest BCUT2D eigenvalue weighted by Gasteiger charge is 2.15. The number of benzene rings is 2. The fourth-order valence-corrected chi connectivity index (χ4v) is 3.04. The van der Waals surface area contributed by atoms with Crippen LogP contribution in [0.25, 0.3) is 6.08 Å². The fourth-order valence-electron chi connectivity index (χ4n) is 2.47. The lowest BCUT2D eigenvalue weighted by Gasteiger charge is -2.14. The van der Waals surface area contributed by atoms with Gasteiger partial charge in [-0.1, -0.05) is 29.8 Å². The van der Waals surface area contributed by atoms with Gasteiger partial charge in [0.15, 0.2) is 11.5 Å². The smallest absolute Gasteiger partial charge is 0.264 e. The van der Waals surface area contributed by atoms with Crippen molar-refractivity contribution in [3.8, 4) is 17.6 Å². The van der Waals surface area contributed by atoms with Gasteiger partial charge < -0.3 is 14.4 Å². The molecule has 1 amide bonds. The molecule has 0 aromatic heterocycles. The number of amides is 1. The third-order valence-electron chi connectivity index (χ3n) is 3.79. The molecule has 0 atom stereocenters. The third-order valence-corrected chi connectivity index (χ3v) is 4.37. The Morgan fingerprint density at radius 1 is 1.30 bits per heavy atom. The van der Waals surface area contributed by atoms with Gasteiger partial charge >= 0.3 is 0 Å². The maximum Gasteiger partial charge on any atom is 0.264 e. The van der Waals surface area contributed by atoms with E-state index in [1.165, 1.54) is 11.0 Å². The van der Waals surface area contributed by atoms with Gasteiger partial charge in [-0.2, -0.15) is 5.26 Å². The molecular weight excluding hydrogens is 408 g/mol.